The van der Waals surface area contributed by atoms with Crippen LogP contribution >= 0.6 is 0 Å². The molecular weight excluding hydrogens is 148 g/mol. The van der Waals surface area contributed by atoms with Gasteiger partial charge in [0, 0.05) is 6.04 Å². The second kappa shape index (κ2) is 5.55. The Morgan fingerprint density at radius 3 is 2.25 bits per heavy atom. The molecule has 0 aromatic heterocycles. The van der Waals surface area contributed by atoms with Gasteiger partial charge in [0.2, 0.25) is 0 Å². The Kier molecular flexibility index (Phi) is 5.51. The highest BCUT2D eigenvalue weighted by Crippen LogP contribution is 2.23. The molecule has 0 aliphatic rings. The third kappa shape index (κ3) is 6.62. The van der Waals surface area contributed by atoms with Crippen LogP contribution in [0, 0.1) is 5.41 Å². The molecule has 0 saturated carbocycles. The molecule has 12 heavy (non-hydrogen) atoms. The van der Waals surface area contributed by atoms with E-state index >= 15 is 0 Å². The molecule has 0 saturated heterocycles. The smallest absolute Gasteiger partial charge is 0.00103 e. The molecule has 74 valence electrons. The van der Waals surface area contributed by atoms with Crippen LogP contribution in [-0.4, -0.2) is 19.1 Å². The zero-order chi connectivity index (χ0) is 9.61. The first-order chi connectivity index (χ1) is 5.48. The Balaban J connectivity index is 3.46. The van der Waals surface area contributed by atoms with Crippen molar-refractivity contribution < 1.29 is 0 Å². The van der Waals surface area contributed by atoms with Crippen LogP contribution < -0.4 is 11.1 Å². The van der Waals surface area contributed by atoms with Crippen molar-refractivity contribution in [3.05, 3.63) is 0 Å². The van der Waals surface area contributed by atoms with E-state index in [4.69, 9.17) is 5.73 Å². The van der Waals surface area contributed by atoms with Crippen molar-refractivity contribution in [2.75, 3.05) is 13.1 Å². The van der Waals surface area contributed by atoms with Gasteiger partial charge >= 0.3 is 0 Å². The maximum absolute atomic E-state index is 5.53. The van der Waals surface area contributed by atoms with Gasteiger partial charge in [-0.3, -0.25) is 0 Å². The van der Waals surface area contributed by atoms with Crippen molar-refractivity contribution in [3.8, 4) is 0 Å². The lowest BCUT2D eigenvalue weighted by atomic mass is 9.86. The van der Waals surface area contributed by atoms with E-state index in [0.717, 1.165) is 19.5 Å². The van der Waals surface area contributed by atoms with Gasteiger partial charge < -0.3 is 11.1 Å². The van der Waals surface area contributed by atoms with E-state index in [2.05, 4.69) is 33.0 Å². The number of nitrogens with one attached hydrogen (secondary N) is 1. The van der Waals surface area contributed by atoms with Crippen molar-refractivity contribution in [1.82, 2.24) is 5.32 Å². The standard InChI is InChI=1S/C10H24N2/c1-9(2)12-8-6-10(3,4)5-7-11/h9,12H,5-8,11H2,1-4H3. The van der Waals surface area contributed by atoms with Crippen LogP contribution in [0.2, 0.25) is 0 Å². The maximum atomic E-state index is 5.53. The normalized spacial score (nSPS) is 12.5. The van der Waals surface area contributed by atoms with Crippen LogP contribution in [0.4, 0.5) is 0 Å². The number of rotatable bonds is 6. The van der Waals surface area contributed by atoms with E-state index < -0.39 is 0 Å². The van der Waals surface area contributed by atoms with Crippen LogP contribution in [0.5, 0.6) is 0 Å². The molecule has 0 rings (SSSR count). The molecular formula is C10H24N2. The number of hydrogen-bond acceptors (Lipinski definition) is 2. The van der Waals surface area contributed by atoms with Gasteiger partial charge in [0.1, 0.15) is 0 Å². The second-order valence-corrected chi connectivity index (χ2v) is 4.56. The predicted molar refractivity (Wildman–Crippen MR) is 55.2 cm³/mol. The molecule has 0 aliphatic heterocycles. The second-order valence-electron chi connectivity index (χ2n) is 4.56. The molecule has 0 unspecified atom stereocenters. The topological polar surface area (TPSA) is 38.0 Å². The van der Waals surface area contributed by atoms with Gasteiger partial charge in [0.15, 0.2) is 0 Å². The molecule has 0 bridgehead atoms. The third-order valence-electron chi connectivity index (χ3n) is 2.18. The Morgan fingerprint density at radius 1 is 1.25 bits per heavy atom. The van der Waals surface area contributed by atoms with Crippen molar-refractivity contribution >= 4 is 0 Å². The summed E-state index contributed by atoms with van der Waals surface area (Å²) in [5.74, 6) is 0. The van der Waals surface area contributed by atoms with Gasteiger partial charge in [0.25, 0.3) is 0 Å². The SMILES string of the molecule is CC(C)NCCC(C)(C)CCN. The zero-order valence-electron chi connectivity index (χ0n) is 8.98. The first-order valence-electron chi connectivity index (χ1n) is 4.91. The summed E-state index contributed by atoms with van der Waals surface area (Å²) >= 11 is 0. The van der Waals surface area contributed by atoms with Gasteiger partial charge in [0.05, 0.1) is 0 Å². The van der Waals surface area contributed by atoms with Crippen LogP contribution in [0.3, 0.4) is 0 Å². The fourth-order valence-corrected chi connectivity index (χ4v) is 1.21. The van der Waals surface area contributed by atoms with Gasteiger partial charge in [-0.15, -0.1) is 0 Å². The molecule has 0 atom stereocenters. The largest absolute Gasteiger partial charge is 0.330 e. The molecule has 0 aliphatic carbocycles. The molecule has 0 aromatic rings. The van der Waals surface area contributed by atoms with Gasteiger partial charge in [-0.1, -0.05) is 27.7 Å². The number of nitrogens with two attached hydrogens (primary N) is 1. The van der Waals surface area contributed by atoms with Crippen molar-refractivity contribution in [2.45, 2.75) is 46.6 Å². The summed E-state index contributed by atoms with van der Waals surface area (Å²) < 4.78 is 0. The summed E-state index contributed by atoms with van der Waals surface area (Å²) in [6, 6.07) is 0.596. The Bertz CT molecular complexity index is 108. The summed E-state index contributed by atoms with van der Waals surface area (Å²) in [4.78, 5) is 0. The van der Waals surface area contributed by atoms with E-state index in [1.165, 1.54) is 6.42 Å². The molecule has 0 spiro atoms. The van der Waals surface area contributed by atoms with Gasteiger partial charge in [-0.05, 0) is 31.3 Å². The minimum atomic E-state index is 0.399. The van der Waals surface area contributed by atoms with E-state index in [9.17, 15) is 0 Å². The van der Waals surface area contributed by atoms with Crippen molar-refractivity contribution in [1.29, 1.82) is 0 Å². The van der Waals surface area contributed by atoms with Crippen LogP contribution in [0.25, 0.3) is 0 Å². The summed E-state index contributed by atoms with van der Waals surface area (Å²) in [6.07, 6.45) is 2.33. The quantitative estimate of drug-likeness (QED) is 0.640. The lowest BCUT2D eigenvalue weighted by molar-refractivity contribution is 0.303. The average molecular weight is 172 g/mol. The first-order valence-corrected chi connectivity index (χ1v) is 4.91. The highest BCUT2D eigenvalue weighted by molar-refractivity contribution is 4.70. The predicted octanol–water partition coefficient (Wildman–Crippen LogP) is 1.75. The molecule has 3 N–H and O–H groups in total. The first kappa shape index (κ1) is 11.9. The summed E-state index contributed by atoms with van der Waals surface area (Å²) in [6.45, 7) is 10.8. The lowest BCUT2D eigenvalue weighted by Crippen LogP contribution is -2.28. The van der Waals surface area contributed by atoms with Crippen molar-refractivity contribution in [2.24, 2.45) is 11.1 Å². The lowest BCUT2D eigenvalue weighted by Gasteiger charge is -2.24. The Labute approximate surface area is 76.9 Å². The monoisotopic (exact) mass is 172 g/mol. The summed E-state index contributed by atoms with van der Waals surface area (Å²) in [5, 5.41) is 3.42. The van der Waals surface area contributed by atoms with E-state index in [1.807, 2.05) is 0 Å². The Hall–Kier alpha value is -0.0800. The molecule has 0 aromatic carbocycles. The molecule has 0 amide bonds. The van der Waals surface area contributed by atoms with E-state index in [-0.39, 0.29) is 0 Å². The van der Waals surface area contributed by atoms with Crippen LogP contribution in [0.15, 0.2) is 0 Å². The van der Waals surface area contributed by atoms with Gasteiger partial charge in [-0.25, -0.2) is 0 Å². The fourth-order valence-electron chi connectivity index (χ4n) is 1.21. The molecule has 2 heteroatoms. The summed E-state index contributed by atoms with van der Waals surface area (Å²) in [5.41, 5.74) is 5.93. The molecule has 2 nitrogen and oxygen atoms in total. The minimum Gasteiger partial charge on any atom is -0.330 e. The highest BCUT2D eigenvalue weighted by Gasteiger charge is 2.15. The highest BCUT2D eigenvalue weighted by atomic mass is 14.9. The minimum absolute atomic E-state index is 0.399. The molecule has 0 fully saturated rings. The average Bonchev–Trinajstić information content (AvgIpc) is 1.85. The van der Waals surface area contributed by atoms with Crippen LogP contribution in [0.1, 0.15) is 40.5 Å². The van der Waals surface area contributed by atoms with E-state index in [0.29, 0.717) is 11.5 Å². The molecule has 0 heterocycles. The Morgan fingerprint density at radius 2 is 1.83 bits per heavy atom. The molecule has 0 radical (unpaired) electrons. The fraction of sp³-hybridized carbons (Fsp3) is 1.00. The van der Waals surface area contributed by atoms with Crippen molar-refractivity contribution in [3.63, 3.8) is 0 Å². The maximum Gasteiger partial charge on any atom is 0.00103 e. The van der Waals surface area contributed by atoms with Gasteiger partial charge in [-0.2, -0.15) is 0 Å². The summed E-state index contributed by atoms with van der Waals surface area (Å²) in [7, 11) is 0. The number of hydrogen-bond donors (Lipinski definition) is 2. The third-order valence-corrected chi connectivity index (χ3v) is 2.18. The zero-order valence-corrected chi connectivity index (χ0v) is 8.98. The van der Waals surface area contributed by atoms with Crippen LogP contribution in [-0.2, 0) is 0 Å². The van der Waals surface area contributed by atoms with E-state index in [1.54, 1.807) is 0 Å².